The van der Waals surface area contributed by atoms with Crippen molar-refractivity contribution in [3.05, 3.63) is 24.0 Å². The number of carboxylic acids is 1. The summed E-state index contributed by atoms with van der Waals surface area (Å²) in [6, 6.07) is 3.09. The van der Waals surface area contributed by atoms with E-state index in [2.05, 4.69) is 5.32 Å². The van der Waals surface area contributed by atoms with Crippen LogP contribution >= 0.6 is 0 Å². The van der Waals surface area contributed by atoms with Gasteiger partial charge in [-0.3, -0.25) is 14.4 Å². The molecule has 0 aromatic carbocycles. The highest BCUT2D eigenvalue weighted by Crippen LogP contribution is 2.02. The number of hydrogen-bond donors (Lipinski definition) is 2. The van der Waals surface area contributed by atoms with Gasteiger partial charge in [0.25, 0.3) is 5.91 Å². The Balaban J connectivity index is 2.61. The second-order valence-corrected chi connectivity index (χ2v) is 4.01. The lowest BCUT2D eigenvalue weighted by molar-refractivity contribution is -0.137. The number of amides is 2. The number of rotatable bonds is 6. The molecule has 1 heterocycles. The minimum Gasteiger partial charge on any atom is -0.480 e. The molecular weight excluding hydrogens is 250 g/mol. The molecule has 7 nitrogen and oxygen atoms in total. The van der Waals surface area contributed by atoms with Crippen LogP contribution < -0.4 is 5.32 Å². The van der Waals surface area contributed by atoms with Crippen LogP contribution in [0.5, 0.6) is 0 Å². The molecule has 104 valence electrons. The van der Waals surface area contributed by atoms with E-state index in [0.29, 0.717) is 6.54 Å². The Morgan fingerprint density at radius 2 is 2.11 bits per heavy atom. The smallest absolute Gasteiger partial charge is 0.323 e. The average molecular weight is 267 g/mol. The van der Waals surface area contributed by atoms with Crippen LogP contribution in [0.4, 0.5) is 0 Å². The highest BCUT2D eigenvalue weighted by Gasteiger charge is 2.14. The summed E-state index contributed by atoms with van der Waals surface area (Å²) >= 11 is 0. The molecule has 0 bridgehead atoms. The number of aromatic nitrogens is 1. The summed E-state index contributed by atoms with van der Waals surface area (Å²) < 4.78 is 1.31. The number of aliphatic carboxylic acids is 1. The highest BCUT2D eigenvalue weighted by atomic mass is 16.4. The number of nitrogens with zero attached hydrogens (tertiary/aromatic N) is 2. The molecule has 0 aliphatic rings. The topological polar surface area (TPSA) is 91.6 Å². The van der Waals surface area contributed by atoms with E-state index in [0.717, 1.165) is 0 Å². The molecule has 0 radical (unpaired) electrons. The molecule has 0 spiro atoms. The third-order valence-corrected chi connectivity index (χ3v) is 2.67. The van der Waals surface area contributed by atoms with Gasteiger partial charge in [0.15, 0.2) is 0 Å². The summed E-state index contributed by atoms with van der Waals surface area (Å²) in [5, 5.41) is 11.2. The van der Waals surface area contributed by atoms with E-state index in [-0.39, 0.29) is 24.7 Å². The van der Waals surface area contributed by atoms with E-state index < -0.39 is 11.9 Å². The van der Waals surface area contributed by atoms with Gasteiger partial charge in [-0.15, -0.1) is 0 Å². The lowest BCUT2D eigenvalue weighted by Gasteiger charge is -2.15. The Morgan fingerprint density at radius 1 is 1.42 bits per heavy atom. The molecule has 7 heteroatoms. The SMILES string of the molecule is CCN(C)C(=O)CNC(=O)c1cccn1CC(=O)O. The summed E-state index contributed by atoms with van der Waals surface area (Å²) in [5.41, 5.74) is 0.217. The van der Waals surface area contributed by atoms with Crippen LogP contribution in [0.1, 0.15) is 17.4 Å². The minimum atomic E-state index is -1.04. The number of hydrogen-bond acceptors (Lipinski definition) is 3. The molecule has 1 aromatic heterocycles. The zero-order chi connectivity index (χ0) is 14.4. The molecule has 0 saturated heterocycles. The van der Waals surface area contributed by atoms with Crippen molar-refractivity contribution in [1.29, 1.82) is 0 Å². The van der Waals surface area contributed by atoms with Gasteiger partial charge in [-0.25, -0.2) is 0 Å². The maximum Gasteiger partial charge on any atom is 0.323 e. The summed E-state index contributed by atoms with van der Waals surface area (Å²) in [6.07, 6.45) is 1.50. The fraction of sp³-hybridized carbons (Fsp3) is 0.417. The largest absolute Gasteiger partial charge is 0.480 e. The van der Waals surface area contributed by atoms with Gasteiger partial charge in [-0.2, -0.15) is 0 Å². The molecule has 1 aromatic rings. The van der Waals surface area contributed by atoms with Crippen molar-refractivity contribution in [3.63, 3.8) is 0 Å². The molecule has 0 aliphatic carbocycles. The van der Waals surface area contributed by atoms with Gasteiger partial charge >= 0.3 is 5.97 Å². The summed E-state index contributed by atoms with van der Waals surface area (Å²) in [6.45, 7) is 1.99. The van der Waals surface area contributed by atoms with Gasteiger partial charge in [-0.05, 0) is 19.1 Å². The van der Waals surface area contributed by atoms with Gasteiger partial charge < -0.3 is 19.9 Å². The lowest BCUT2D eigenvalue weighted by atomic mass is 10.4. The van der Waals surface area contributed by atoms with Gasteiger partial charge in [0, 0.05) is 19.8 Å². The number of likely N-dealkylation sites (N-methyl/N-ethyl adjacent to an activating group) is 1. The Bertz CT molecular complexity index is 481. The molecule has 2 amide bonds. The van der Waals surface area contributed by atoms with E-state index in [9.17, 15) is 14.4 Å². The number of nitrogens with one attached hydrogen (secondary N) is 1. The number of carboxylic acid groups (broad SMARTS) is 1. The van der Waals surface area contributed by atoms with Crippen molar-refractivity contribution in [3.8, 4) is 0 Å². The first-order chi connectivity index (χ1) is 8.95. The first-order valence-electron chi connectivity index (χ1n) is 5.84. The van der Waals surface area contributed by atoms with Crippen LogP contribution in [0.25, 0.3) is 0 Å². The highest BCUT2D eigenvalue weighted by molar-refractivity contribution is 5.95. The van der Waals surface area contributed by atoms with Gasteiger partial charge in [-0.1, -0.05) is 0 Å². The Labute approximate surface area is 110 Å². The van der Waals surface area contributed by atoms with Crippen LogP contribution in [-0.4, -0.2) is 52.5 Å². The second-order valence-electron chi connectivity index (χ2n) is 4.01. The molecule has 0 unspecified atom stereocenters. The first-order valence-corrected chi connectivity index (χ1v) is 5.84. The first kappa shape index (κ1) is 14.7. The molecule has 1 rings (SSSR count). The third kappa shape index (κ3) is 4.13. The predicted octanol–water partition coefficient (Wildman–Crippen LogP) is -0.219. The predicted molar refractivity (Wildman–Crippen MR) is 67.7 cm³/mol. The fourth-order valence-electron chi connectivity index (χ4n) is 1.46. The molecule has 0 aliphatic heterocycles. The van der Waals surface area contributed by atoms with Crippen LogP contribution in [0.15, 0.2) is 18.3 Å². The summed E-state index contributed by atoms with van der Waals surface area (Å²) in [5.74, 6) is -1.71. The van der Waals surface area contributed by atoms with Gasteiger partial charge in [0.2, 0.25) is 5.91 Å². The van der Waals surface area contributed by atoms with E-state index >= 15 is 0 Å². The van der Waals surface area contributed by atoms with Crippen molar-refractivity contribution in [2.45, 2.75) is 13.5 Å². The normalized spacial score (nSPS) is 10.0. The second kappa shape index (κ2) is 6.58. The summed E-state index contributed by atoms with van der Waals surface area (Å²) in [7, 11) is 1.64. The van der Waals surface area contributed by atoms with E-state index in [4.69, 9.17) is 5.11 Å². The zero-order valence-corrected chi connectivity index (χ0v) is 10.9. The van der Waals surface area contributed by atoms with E-state index in [1.165, 1.54) is 21.7 Å². The number of carbonyl (C=O) groups is 3. The zero-order valence-electron chi connectivity index (χ0n) is 10.9. The standard InChI is InChI=1S/C12H17N3O4/c1-3-14(2)10(16)7-13-12(19)9-5-4-6-15(9)8-11(17)18/h4-6H,3,7-8H2,1-2H3,(H,13,19)(H,17,18). The Kier molecular flexibility index (Phi) is 5.11. The quantitative estimate of drug-likeness (QED) is 0.745. The van der Waals surface area contributed by atoms with Crippen molar-refractivity contribution < 1.29 is 19.5 Å². The van der Waals surface area contributed by atoms with Crippen molar-refractivity contribution >= 4 is 17.8 Å². The van der Waals surface area contributed by atoms with E-state index in [1.807, 2.05) is 6.92 Å². The average Bonchev–Trinajstić information content (AvgIpc) is 2.81. The maximum atomic E-state index is 11.8. The van der Waals surface area contributed by atoms with Crippen molar-refractivity contribution in [2.75, 3.05) is 20.1 Å². The molecule has 0 atom stereocenters. The lowest BCUT2D eigenvalue weighted by Crippen LogP contribution is -2.38. The van der Waals surface area contributed by atoms with Crippen LogP contribution in [-0.2, 0) is 16.1 Å². The van der Waals surface area contributed by atoms with Crippen LogP contribution in [0.2, 0.25) is 0 Å². The molecule has 0 saturated carbocycles. The van der Waals surface area contributed by atoms with Gasteiger partial charge in [0.1, 0.15) is 12.2 Å². The number of carbonyl (C=O) groups excluding carboxylic acids is 2. The van der Waals surface area contributed by atoms with E-state index in [1.54, 1.807) is 13.1 Å². The molecular formula is C12H17N3O4. The Hall–Kier alpha value is -2.31. The van der Waals surface area contributed by atoms with Gasteiger partial charge in [0.05, 0.1) is 6.54 Å². The monoisotopic (exact) mass is 267 g/mol. The van der Waals surface area contributed by atoms with Crippen LogP contribution in [0.3, 0.4) is 0 Å². The third-order valence-electron chi connectivity index (χ3n) is 2.67. The van der Waals surface area contributed by atoms with Crippen molar-refractivity contribution in [1.82, 2.24) is 14.8 Å². The molecule has 2 N–H and O–H groups in total. The molecule has 0 fully saturated rings. The van der Waals surface area contributed by atoms with Crippen molar-refractivity contribution in [2.24, 2.45) is 0 Å². The molecule has 19 heavy (non-hydrogen) atoms. The fourth-order valence-corrected chi connectivity index (χ4v) is 1.46. The maximum absolute atomic E-state index is 11.8. The minimum absolute atomic E-state index is 0.110. The summed E-state index contributed by atoms with van der Waals surface area (Å²) in [4.78, 5) is 35.5. The van der Waals surface area contributed by atoms with Crippen LogP contribution in [0, 0.1) is 0 Å². The Morgan fingerprint density at radius 3 is 2.68 bits per heavy atom.